The third kappa shape index (κ3) is 3.33. The summed E-state index contributed by atoms with van der Waals surface area (Å²) < 4.78 is 25.0. The molecule has 0 unspecified atom stereocenters. The Morgan fingerprint density at radius 3 is 2.50 bits per heavy atom. The zero-order valence-corrected chi connectivity index (χ0v) is 8.88. The van der Waals surface area contributed by atoms with E-state index in [1.165, 1.54) is 0 Å². The van der Waals surface area contributed by atoms with Crippen LogP contribution in [0, 0.1) is 0 Å². The third-order valence-corrected chi connectivity index (χ3v) is 4.45. The van der Waals surface area contributed by atoms with E-state index in [2.05, 4.69) is 4.72 Å². The molecule has 72 valence electrons. The van der Waals surface area contributed by atoms with Crippen molar-refractivity contribution in [2.24, 2.45) is 0 Å². The highest BCUT2D eigenvalue weighted by molar-refractivity contribution is 7.99. The van der Waals surface area contributed by atoms with Crippen molar-refractivity contribution < 1.29 is 8.42 Å². The van der Waals surface area contributed by atoms with Crippen molar-refractivity contribution in [1.82, 2.24) is 4.72 Å². The van der Waals surface area contributed by atoms with Gasteiger partial charge in [-0.2, -0.15) is 11.8 Å². The van der Waals surface area contributed by atoms with Gasteiger partial charge in [-0.3, -0.25) is 0 Å². The molecule has 0 saturated carbocycles. The number of nitrogens with one attached hydrogen (secondary N) is 1. The topological polar surface area (TPSA) is 46.2 Å². The standard InChI is InChI=1S/C7H15NO2S2/c1-2-12(9,10)8-7-3-5-11-6-4-7/h7-8H,2-6H2,1H3. The minimum absolute atomic E-state index is 0.191. The highest BCUT2D eigenvalue weighted by Crippen LogP contribution is 2.17. The Kier molecular flexibility index (Phi) is 3.86. The summed E-state index contributed by atoms with van der Waals surface area (Å²) in [6, 6.07) is 0.191. The quantitative estimate of drug-likeness (QED) is 0.748. The molecule has 0 aliphatic carbocycles. The highest BCUT2D eigenvalue weighted by Gasteiger charge is 2.18. The SMILES string of the molecule is CCS(=O)(=O)NC1CCSCC1. The monoisotopic (exact) mass is 209 g/mol. The van der Waals surface area contributed by atoms with Gasteiger partial charge < -0.3 is 0 Å². The first-order valence-corrected chi connectivity index (χ1v) is 7.02. The van der Waals surface area contributed by atoms with E-state index in [1.807, 2.05) is 11.8 Å². The van der Waals surface area contributed by atoms with Crippen molar-refractivity contribution in [2.75, 3.05) is 17.3 Å². The van der Waals surface area contributed by atoms with Crippen LogP contribution >= 0.6 is 11.8 Å². The van der Waals surface area contributed by atoms with E-state index in [-0.39, 0.29) is 11.8 Å². The molecule has 12 heavy (non-hydrogen) atoms. The van der Waals surface area contributed by atoms with Gasteiger partial charge in [0.05, 0.1) is 5.75 Å². The molecule has 3 nitrogen and oxygen atoms in total. The fraction of sp³-hybridized carbons (Fsp3) is 1.00. The molecule has 1 saturated heterocycles. The maximum atomic E-state index is 11.1. The smallest absolute Gasteiger partial charge is 0.211 e. The zero-order valence-electron chi connectivity index (χ0n) is 7.25. The van der Waals surface area contributed by atoms with Crippen LogP contribution in [0.25, 0.3) is 0 Å². The van der Waals surface area contributed by atoms with E-state index < -0.39 is 10.0 Å². The van der Waals surface area contributed by atoms with Crippen molar-refractivity contribution in [3.63, 3.8) is 0 Å². The van der Waals surface area contributed by atoms with Gasteiger partial charge in [0.25, 0.3) is 0 Å². The van der Waals surface area contributed by atoms with Gasteiger partial charge in [-0.15, -0.1) is 0 Å². The fourth-order valence-corrected chi connectivity index (χ4v) is 3.17. The van der Waals surface area contributed by atoms with Crippen molar-refractivity contribution >= 4 is 21.8 Å². The molecule has 1 rings (SSSR count). The molecule has 1 fully saturated rings. The molecule has 1 aliphatic heterocycles. The molecule has 0 radical (unpaired) electrons. The van der Waals surface area contributed by atoms with Crippen LogP contribution in [0.5, 0.6) is 0 Å². The lowest BCUT2D eigenvalue weighted by Crippen LogP contribution is -2.38. The largest absolute Gasteiger partial charge is 0.212 e. The summed E-state index contributed by atoms with van der Waals surface area (Å²) in [5.41, 5.74) is 0. The molecular weight excluding hydrogens is 194 g/mol. The van der Waals surface area contributed by atoms with Gasteiger partial charge in [0.1, 0.15) is 0 Å². The van der Waals surface area contributed by atoms with Crippen LogP contribution in [-0.4, -0.2) is 31.7 Å². The highest BCUT2D eigenvalue weighted by atomic mass is 32.2. The van der Waals surface area contributed by atoms with Gasteiger partial charge in [0.2, 0.25) is 10.0 Å². The summed E-state index contributed by atoms with van der Waals surface area (Å²) in [6.07, 6.45) is 1.95. The minimum atomic E-state index is -2.98. The zero-order chi connectivity index (χ0) is 9.03. The van der Waals surface area contributed by atoms with Gasteiger partial charge in [-0.1, -0.05) is 0 Å². The van der Waals surface area contributed by atoms with Crippen molar-refractivity contribution in [3.8, 4) is 0 Å². The number of rotatable bonds is 3. The molecule has 0 aromatic heterocycles. The summed E-state index contributed by atoms with van der Waals surface area (Å²) in [4.78, 5) is 0. The number of hydrogen-bond donors (Lipinski definition) is 1. The number of sulfonamides is 1. The van der Waals surface area contributed by atoms with Gasteiger partial charge >= 0.3 is 0 Å². The van der Waals surface area contributed by atoms with Crippen molar-refractivity contribution in [3.05, 3.63) is 0 Å². The van der Waals surface area contributed by atoms with E-state index >= 15 is 0 Å². The lowest BCUT2D eigenvalue weighted by atomic mass is 10.2. The summed E-state index contributed by atoms with van der Waals surface area (Å²) >= 11 is 1.90. The van der Waals surface area contributed by atoms with Crippen LogP contribution in [0.15, 0.2) is 0 Å². The second-order valence-electron chi connectivity index (χ2n) is 2.91. The molecule has 1 N–H and O–H groups in total. The van der Waals surface area contributed by atoms with Crippen LogP contribution in [0.4, 0.5) is 0 Å². The number of thioether (sulfide) groups is 1. The molecule has 1 heterocycles. The third-order valence-electron chi connectivity index (χ3n) is 1.95. The summed E-state index contributed by atoms with van der Waals surface area (Å²) in [5.74, 6) is 2.35. The summed E-state index contributed by atoms with van der Waals surface area (Å²) in [5, 5.41) is 0. The molecule has 0 amide bonds. The molecular formula is C7H15NO2S2. The van der Waals surface area contributed by atoms with E-state index in [1.54, 1.807) is 6.92 Å². The second-order valence-corrected chi connectivity index (χ2v) is 6.18. The van der Waals surface area contributed by atoms with Gasteiger partial charge in [-0.25, -0.2) is 13.1 Å². The van der Waals surface area contributed by atoms with E-state index in [0.717, 1.165) is 24.3 Å². The van der Waals surface area contributed by atoms with Gasteiger partial charge in [0, 0.05) is 6.04 Å². The Morgan fingerprint density at radius 1 is 1.42 bits per heavy atom. The van der Waals surface area contributed by atoms with Crippen molar-refractivity contribution in [2.45, 2.75) is 25.8 Å². The maximum absolute atomic E-state index is 11.1. The average Bonchev–Trinajstić information content (AvgIpc) is 2.06. The molecule has 0 aromatic rings. The fourth-order valence-electron chi connectivity index (χ4n) is 1.15. The minimum Gasteiger partial charge on any atom is -0.212 e. The normalized spacial score (nSPS) is 21.1. The molecule has 0 spiro atoms. The summed E-state index contributed by atoms with van der Waals surface area (Å²) in [6.45, 7) is 1.67. The van der Waals surface area contributed by atoms with Crippen LogP contribution in [0.1, 0.15) is 19.8 Å². The van der Waals surface area contributed by atoms with E-state index in [0.29, 0.717) is 0 Å². The first kappa shape index (κ1) is 10.3. The number of hydrogen-bond acceptors (Lipinski definition) is 3. The first-order valence-electron chi connectivity index (χ1n) is 4.22. The Bertz CT molecular complexity index is 220. The van der Waals surface area contributed by atoms with Crippen LogP contribution in [-0.2, 0) is 10.0 Å². The van der Waals surface area contributed by atoms with Crippen molar-refractivity contribution in [1.29, 1.82) is 0 Å². The maximum Gasteiger partial charge on any atom is 0.211 e. The molecule has 5 heteroatoms. The lowest BCUT2D eigenvalue weighted by Gasteiger charge is -2.21. The van der Waals surface area contributed by atoms with Gasteiger partial charge in [0.15, 0.2) is 0 Å². The van der Waals surface area contributed by atoms with E-state index in [4.69, 9.17) is 0 Å². The molecule has 0 bridgehead atoms. The van der Waals surface area contributed by atoms with E-state index in [9.17, 15) is 8.42 Å². The second kappa shape index (κ2) is 4.48. The Labute approximate surface area is 78.4 Å². The molecule has 1 aliphatic rings. The Balaban J connectivity index is 2.39. The van der Waals surface area contributed by atoms with Crippen LogP contribution in [0.3, 0.4) is 0 Å². The Hall–Kier alpha value is 0.260. The molecule has 0 atom stereocenters. The predicted octanol–water partition coefficient (Wildman–Crippen LogP) is 0.821. The Morgan fingerprint density at radius 2 is 2.00 bits per heavy atom. The van der Waals surface area contributed by atoms with Gasteiger partial charge in [-0.05, 0) is 31.3 Å². The lowest BCUT2D eigenvalue weighted by molar-refractivity contribution is 0.530. The first-order chi connectivity index (χ1) is 5.64. The van der Waals surface area contributed by atoms with Crippen LogP contribution in [0.2, 0.25) is 0 Å². The average molecular weight is 209 g/mol. The van der Waals surface area contributed by atoms with Crippen LogP contribution < -0.4 is 4.72 Å². The summed E-state index contributed by atoms with van der Waals surface area (Å²) in [7, 11) is -2.98. The predicted molar refractivity (Wildman–Crippen MR) is 52.9 cm³/mol. The molecule has 0 aromatic carbocycles.